The first-order valence-corrected chi connectivity index (χ1v) is 8.19. The number of carbonyl (C=O) groups excluding carboxylic acids is 1. The number of piperidine rings is 1. The molecular weight excluding hydrogens is 292 g/mol. The third kappa shape index (κ3) is 2.67. The second-order valence-electron chi connectivity index (χ2n) is 6.76. The van der Waals surface area contributed by atoms with Crippen molar-refractivity contribution in [3.05, 3.63) is 42.1 Å². The number of aryl methyl sites for hydroxylation is 1. The molecule has 1 unspecified atom stereocenters. The summed E-state index contributed by atoms with van der Waals surface area (Å²) in [5, 5.41) is 7.56. The van der Waals surface area contributed by atoms with Gasteiger partial charge in [0.2, 0.25) is 5.91 Å². The van der Waals surface area contributed by atoms with Gasteiger partial charge >= 0.3 is 0 Å². The summed E-state index contributed by atoms with van der Waals surface area (Å²) in [7, 11) is 1.92. The van der Waals surface area contributed by atoms with Gasteiger partial charge in [-0.25, -0.2) is 0 Å². The highest BCUT2D eigenvalue weighted by Gasteiger charge is 2.49. The van der Waals surface area contributed by atoms with Gasteiger partial charge in [0.1, 0.15) is 5.76 Å². The smallest absolute Gasteiger partial charge is 0.221 e. The van der Waals surface area contributed by atoms with Crippen molar-refractivity contribution in [3.8, 4) is 0 Å². The molecule has 2 aliphatic rings. The van der Waals surface area contributed by atoms with Gasteiger partial charge in [0.05, 0.1) is 19.0 Å². The van der Waals surface area contributed by atoms with Crippen LogP contribution < -0.4 is 5.32 Å². The number of hydrogen-bond donors (Lipinski definition) is 1. The molecule has 2 aromatic rings. The Balaban J connectivity index is 1.48. The highest BCUT2D eigenvalue weighted by Crippen LogP contribution is 2.43. The molecule has 0 radical (unpaired) electrons. The zero-order valence-corrected chi connectivity index (χ0v) is 13.4. The Morgan fingerprint density at radius 2 is 2.26 bits per heavy atom. The van der Waals surface area contributed by atoms with Crippen LogP contribution in [0.2, 0.25) is 0 Å². The molecule has 0 aromatic carbocycles. The second kappa shape index (κ2) is 5.53. The lowest BCUT2D eigenvalue weighted by Crippen LogP contribution is -2.53. The summed E-state index contributed by atoms with van der Waals surface area (Å²) in [5.41, 5.74) is 1.06. The quantitative estimate of drug-likeness (QED) is 0.936. The van der Waals surface area contributed by atoms with E-state index in [2.05, 4.69) is 15.3 Å². The first-order chi connectivity index (χ1) is 11.1. The summed E-state index contributed by atoms with van der Waals surface area (Å²) in [6.45, 7) is 2.78. The Morgan fingerprint density at radius 3 is 2.91 bits per heavy atom. The van der Waals surface area contributed by atoms with Gasteiger partial charge < -0.3 is 9.73 Å². The first kappa shape index (κ1) is 14.5. The van der Waals surface area contributed by atoms with Gasteiger partial charge in [0.15, 0.2) is 0 Å². The number of furan rings is 1. The third-order valence-corrected chi connectivity index (χ3v) is 5.28. The van der Waals surface area contributed by atoms with E-state index in [9.17, 15) is 4.79 Å². The van der Waals surface area contributed by atoms with Gasteiger partial charge in [-0.2, -0.15) is 5.10 Å². The molecule has 4 heterocycles. The number of carbonyl (C=O) groups is 1. The monoisotopic (exact) mass is 314 g/mol. The number of nitrogens with one attached hydrogen (secondary N) is 1. The molecule has 122 valence electrons. The van der Waals surface area contributed by atoms with Gasteiger partial charge in [-0.3, -0.25) is 14.4 Å². The number of aromatic nitrogens is 2. The van der Waals surface area contributed by atoms with E-state index in [1.54, 1.807) is 6.26 Å². The minimum absolute atomic E-state index is 0.111. The SMILES string of the molecule is Cn1cc(C2CC(=O)NC23CCN(Cc2ccco2)CC3)cn1. The molecule has 23 heavy (non-hydrogen) atoms. The van der Waals surface area contributed by atoms with E-state index in [1.807, 2.05) is 36.3 Å². The molecule has 4 rings (SSSR count). The van der Waals surface area contributed by atoms with Crippen molar-refractivity contribution >= 4 is 5.91 Å². The fraction of sp³-hybridized carbons (Fsp3) is 0.529. The standard InChI is InChI=1S/C17H22N4O2/c1-20-11-13(10-18-20)15-9-16(22)19-17(15)4-6-21(7-5-17)12-14-3-2-8-23-14/h2-3,8,10-11,15H,4-7,9,12H2,1H3,(H,19,22). The maximum Gasteiger partial charge on any atom is 0.221 e. The summed E-state index contributed by atoms with van der Waals surface area (Å²) in [6, 6.07) is 3.94. The normalized spacial score (nSPS) is 24.2. The molecule has 1 atom stereocenters. The molecular formula is C17H22N4O2. The van der Waals surface area contributed by atoms with E-state index in [-0.39, 0.29) is 17.4 Å². The second-order valence-corrected chi connectivity index (χ2v) is 6.76. The molecule has 2 aliphatic heterocycles. The van der Waals surface area contributed by atoms with E-state index >= 15 is 0 Å². The van der Waals surface area contributed by atoms with Crippen LogP contribution in [0.15, 0.2) is 35.2 Å². The van der Waals surface area contributed by atoms with Crippen molar-refractivity contribution in [2.24, 2.45) is 7.05 Å². The summed E-state index contributed by atoms with van der Waals surface area (Å²) in [6.07, 6.45) is 8.18. The van der Waals surface area contributed by atoms with Gasteiger partial charge in [0, 0.05) is 44.2 Å². The van der Waals surface area contributed by atoms with Crippen LogP contribution in [0, 0.1) is 0 Å². The lowest BCUT2D eigenvalue weighted by molar-refractivity contribution is -0.120. The minimum atomic E-state index is -0.111. The molecule has 1 N–H and O–H groups in total. The average Bonchev–Trinajstić information content (AvgIpc) is 3.24. The molecule has 2 aromatic heterocycles. The third-order valence-electron chi connectivity index (χ3n) is 5.28. The molecule has 6 heteroatoms. The van der Waals surface area contributed by atoms with Crippen LogP contribution in [-0.4, -0.2) is 39.2 Å². The Hall–Kier alpha value is -2.08. The van der Waals surface area contributed by atoms with Crippen LogP contribution in [0.1, 0.15) is 36.5 Å². The Morgan fingerprint density at radius 1 is 1.43 bits per heavy atom. The molecule has 0 aliphatic carbocycles. The number of nitrogens with zero attached hydrogens (tertiary/aromatic N) is 3. The van der Waals surface area contributed by atoms with E-state index < -0.39 is 0 Å². The van der Waals surface area contributed by atoms with Gasteiger partial charge in [-0.05, 0) is 30.5 Å². The fourth-order valence-electron chi connectivity index (χ4n) is 4.06. The predicted molar refractivity (Wildman–Crippen MR) is 84.7 cm³/mol. The van der Waals surface area contributed by atoms with Gasteiger partial charge in [-0.15, -0.1) is 0 Å². The van der Waals surface area contributed by atoms with Gasteiger partial charge in [0.25, 0.3) is 0 Å². The van der Waals surface area contributed by atoms with Crippen LogP contribution in [0.25, 0.3) is 0 Å². The van der Waals surface area contributed by atoms with Crippen molar-refractivity contribution in [3.63, 3.8) is 0 Å². The van der Waals surface area contributed by atoms with Gasteiger partial charge in [-0.1, -0.05) is 0 Å². The highest BCUT2D eigenvalue weighted by molar-refractivity contribution is 5.81. The van der Waals surface area contributed by atoms with E-state index in [0.717, 1.165) is 38.2 Å². The van der Waals surface area contributed by atoms with Crippen molar-refractivity contribution in [1.29, 1.82) is 0 Å². The lowest BCUT2D eigenvalue weighted by Gasteiger charge is -2.42. The van der Waals surface area contributed by atoms with Crippen molar-refractivity contribution < 1.29 is 9.21 Å². The zero-order chi connectivity index (χ0) is 15.9. The Bertz CT molecular complexity index is 683. The van der Waals surface area contributed by atoms with Crippen LogP contribution in [0.5, 0.6) is 0 Å². The topological polar surface area (TPSA) is 63.3 Å². The van der Waals surface area contributed by atoms with Crippen molar-refractivity contribution in [2.45, 2.75) is 37.3 Å². The average molecular weight is 314 g/mol. The molecule has 2 saturated heterocycles. The highest BCUT2D eigenvalue weighted by atomic mass is 16.3. The van der Waals surface area contributed by atoms with Crippen molar-refractivity contribution in [1.82, 2.24) is 20.0 Å². The van der Waals surface area contributed by atoms with Crippen LogP contribution >= 0.6 is 0 Å². The number of rotatable bonds is 3. The molecule has 2 fully saturated rings. The maximum atomic E-state index is 12.1. The first-order valence-electron chi connectivity index (χ1n) is 8.19. The van der Waals surface area contributed by atoms with Crippen LogP contribution in [-0.2, 0) is 18.4 Å². The molecule has 0 saturated carbocycles. The summed E-state index contributed by atoms with van der Waals surface area (Å²) in [5.74, 6) is 1.40. The minimum Gasteiger partial charge on any atom is -0.468 e. The largest absolute Gasteiger partial charge is 0.468 e. The Kier molecular flexibility index (Phi) is 3.49. The zero-order valence-electron chi connectivity index (χ0n) is 13.4. The van der Waals surface area contributed by atoms with E-state index in [0.29, 0.717) is 6.42 Å². The molecule has 6 nitrogen and oxygen atoms in total. The van der Waals surface area contributed by atoms with Crippen molar-refractivity contribution in [2.75, 3.05) is 13.1 Å². The van der Waals surface area contributed by atoms with Crippen LogP contribution in [0.3, 0.4) is 0 Å². The predicted octanol–water partition coefficient (Wildman–Crippen LogP) is 1.65. The number of hydrogen-bond acceptors (Lipinski definition) is 4. The summed E-state index contributed by atoms with van der Waals surface area (Å²) >= 11 is 0. The molecule has 0 bridgehead atoms. The van der Waals surface area contributed by atoms with E-state index in [1.165, 1.54) is 5.56 Å². The Labute approximate surface area is 135 Å². The van der Waals surface area contributed by atoms with E-state index in [4.69, 9.17) is 4.42 Å². The maximum absolute atomic E-state index is 12.1. The lowest BCUT2D eigenvalue weighted by atomic mass is 9.75. The number of amides is 1. The molecule has 1 spiro atoms. The summed E-state index contributed by atoms with van der Waals surface area (Å²) in [4.78, 5) is 14.5. The van der Waals surface area contributed by atoms with Crippen LogP contribution in [0.4, 0.5) is 0 Å². The molecule has 1 amide bonds. The summed E-state index contributed by atoms with van der Waals surface area (Å²) < 4.78 is 7.26. The number of likely N-dealkylation sites (tertiary alicyclic amines) is 1. The fourth-order valence-corrected chi connectivity index (χ4v) is 4.06.